The number of thioether (sulfide) groups is 1. The van der Waals surface area contributed by atoms with Gasteiger partial charge in [0.15, 0.2) is 0 Å². The van der Waals surface area contributed by atoms with Crippen molar-refractivity contribution in [3.63, 3.8) is 0 Å². The molecule has 0 aliphatic rings. The van der Waals surface area contributed by atoms with Gasteiger partial charge in [0, 0.05) is 22.8 Å². The van der Waals surface area contributed by atoms with E-state index < -0.39 is 0 Å². The lowest BCUT2D eigenvalue weighted by molar-refractivity contribution is 0.112. The van der Waals surface area contributed by atoms with Gasteiger partial charge in [0.25, 0.3) is 0 Å². The molecule has 0 fully saturated rings. The molecule has 0 aromatic heterocycles. The van der Waals surface area contributed by atoms with Crippen LogP contribution in [0, 0.1) is 17.2 Å². The Bertz CT molecular complexity index is 412. The number of nitrogens with zero attached hydrogens (tertiary/aromatic N) is 1. The Morgan fingerprint density at radius 3 is 2.94 bits per heavy atom. The van der Waals surface area contributed by atoms with E-state index in [9.17, 15) is 4.79 Å². The maximum absolute atomic E-state index is 10.5. The second-order valence-corrected chi connectivity index (χ2v) is 4.65. The summed E-state index contributed by atoms with van der Waals surface area (Å²) in [5.41, 5.74) is 1.02. The van der Waals surface area contributed by atoms with Gasteiger partial charge in [-0.1, -0.05) is 13.0 Å². The summed E-state index contributed by atoms with van der Waals surface area (Å²) in [6, 6.07) is 7.12. The van der Waals surface area contributed by atoms with Gasteiger partial charge in [0.2, 0.25) is 0 Å². The highest BCUT2D eigenvalue weighted by Gasteiger charge is 2.06. The van der Waals surface area contributed by atoms with Gasteiger partial charge >= 0.3 is 0 Å². The van der Waals surface area contributed by atoms with Crippen LogP contribution in [0.5, 0.6) is 0 Å². The zero-order valence-corrected chi connectivity index (χ0v) is 9.83. The number of nitriles is 1. The van der Waals surface area contributed by atoms with E-state index in [1.807, 2.05) is 6.92 Å². The molecule has 0 spiro atoms. The van der Waals surface area contributed by atoms with Gasteiger partial charge in [-0.05, 0) is 18.1 Å². The van der Waals surface area contributed by atoms with Gasteiger partial charge in [0.1, 0.15) is 12.4 Å². The lowest BCUT2D eigenvalue weighted by Crippen LogP contribution is -2.03. The summed E-state index contributed by atoms with van der Waals surface area (Å²) in [7, 11) is 0. The van der Waals surface area contributed by atoms with E-state index >= 15 is 0 Å². The second-order valence-electron chi connectivity index (χ2n) is 3.58. The summed E-state index contributed by atoms with van der Waals surface area (Å²) in [5, 5.41) is 17.8. The lowest BCUT2D eigenvalue weighted by atomic mass is 10.1. The van der Waals surface area contributed by atoms with Crippen molar-refractivity contribution in [3.8, 4) is 6.07 Å². The van der Waals surface area contributed by atoms with Crippen LogP contribution in [0.15, 0.2) is 23.1 Å². The van der Waals surface area contributed by atoms with Crippen molar-refractivity contribution in [3.05, 3.63) is 29.3 Å². The molecule has 0 heterocycles. The number of hydrogen-bond donors (Lipinski definition) is 1. The van der Waals surface area contributed by atoms with Crippen molar-refractivity contribution >= 4 is 18.0 Å². The highest BCUT2D eigenvalue weighted by atomic mass is 32.2. The van der Waals surface area contributed by atoms with Gasteiger partial charge in [-0.25, -0.2) is 0 Å². The first-order valence-electron chi connectivity index (χ1n) is 4.94. The van der Waals surface area contributed by atoms with Crippen LogP contribution >= 0.6 is 11.8 Å². The molecule has 0 radical (unpaired) electrons. The molecule has 0 bridgehead atoms. The number of benzene rings is 1. The normalized spacial score (nSPS) is 11.8. The minimum absolute atomic E-state index is 0.140. The zero-order valence-electron chi connectivity index (χ0n) is 9.01. The quantitative estimate of drug-likeness (QED) is 0.627. The molecular weight excluding hydrogens is 222 g/mol. The molecule has 4 heteroatoms. The highest BCUT2D eigenvalue weighted by Crippen LogP contribution is 2.24. The Balaban J connectivity index is 2.80. The third kappa shape index (κ3) is 3.37. The van der Waals surface area contributed by atoms with Crippen molar-refractivity contribution in [1.29, 1.82) is 5.26 Å². The van der Waals surface area contributed by atoms with E-state index in [0.29, 0.717) is 11.1 Å². The molecule has 0 saturated carbocycles. The van der Waals surface area contributed by atoms with Crippen LogP contribution in [-0.2, 0) is 0 Å². The smallest absolute Gasteiger partial charge is 0.150 e. The maximum Gasteiger partial charge on any atom is 0.150 e. The first kappa shape index (κ1) is 12.8. The van der Waals surface area contributed by atoms with Gasteiger partial charge in [-0.3, -0.25) is 4.79 Å². The Kier molecular flexibility index (Phi) is 5.03. The fourth-order valence-corrected chi connectivity index (χ4v) is 2.11. The summed E-state index contributed by atoms with van der Waals surface area (Å²) in [6.07, 6.45) is 0.728. The number of carbonyl (C=O) groups is 1. The average molecular weight is 235 g/mol. The predicted molar refractivity (Wildman–Crippen MR) is 63.5 cm³/mol. The topological polar surface area (TPSA) is 61.1 Å². The third-order valence-corrected chi connectivity index (χ3v) is 3.50. The molecule has 1 aromatic rings. The number of rotatable bonds is 5. The van der Waals surface area contributed by atoms with Crippen molar-refractivity contribution in [1.82, 2.24) is 0 Å². The number of aldehydes is 1. The van der Waals surface area contributed by atoms with E-state index in [-0.39, 0.29) is 12.5 Å². The van der Waals surface area contributed by atoms with Gasteiger partial charge in [-0.15, -0.1) is 11.8 Å². The molecule has 1 unspecified atom stereocenters. The van der Waals surface area contributed by atoms with Crippen LogP contribution < -0.4 is 0 Å². The zero-order chi connectivity index (χ0) is 12.0. The molecule has 0 saturated heterocycles. The van der Waals surface area contributed by atoms with E-state index in [1.165, 1.54) is 11.8 Å². The van der Waals surface area contributed by atoms with Gasteiger partial charge in [-0.2, -0.15) is 5.26 Å². The van der Waals surface area contributed by atoms with Gasteiger partial charge < -0.3 is 5.11 Å². The molecule has 16 heavy (non-hydrogen) atoms. The van der Waals surface area contributed by atoms with Crippen molar-refractivity contribution in [2.45, 2.75) is 11.8 Å². The van der Waals surface area contributed by atoms with Crippen LogP contribution in [0.3, 0.4) is 0 Å². The molecule has 0 aliphatic heterocycles. The Hall–Kier alpha value is -1.31. The second kappa shape index (κ2) is 6.31. The largest absolute Gasteiger partial charge is 0.396 e. The van der Waals surface area contributed by atoms with E-state index in [0.717, 1.165) is 16.9 Å². The maximum atomic E-state index is 10.5. The highest BCUT2D eigenvalue weighted by molar-refractivity contribution is 7.99. The van der Waals surface area contributed by atoms with Crippen LogP contribution in [0.1, 0.15) is 22.8 Å². The molecule has 1 rings (SSSR count). The molecule has 1 N–H and O–H groups in total. The van der Waals surface area contributed by atoms with Crippen LogP contribution in [0.2, 0.25) is 0 Å². The molecule has 0 aliphatic carbocycles. The van der Waals surface area contributed by atoms with Crippen molar-refractivity contribution in [2.75, 3.05) is 12.4 Å². The first-order valence-corrected chi connectivity index (χ1v) is 5.92. The average Bonchev–Trinajstić information content (AvgIpc) is 2.35. The van der Waals surface area contributed by atoms with E-state index in [1.54, 1.807) is 18.2 Å². The standard InChI is InChI=1S/C12H13NO2S/c1-9(6-14)8-16-12-3-2-10(7-15)4-11(12)5-13/h2-4,7,9,14H,6,8H2,1H3. The molecular formula is C12H13NO2S. The first-order chi connectivity index (χ1) is 7.71. The third-order valence-electron chi connectivity index (χ3n) is 2.10. The monoisotopic (exact) mass is 235 g/mol. The minimum atomic E-state index is 0.140. The summed E-state index contributed by atoms with van der Waals surface area (Å²) >= 11 is 1.53. The van der Waals surface area contributed by atoms with Gasteiger partial charge in [0.05, 0.1) is 5.56 Å². The minimum Gasteiger partial charge on any atom is -0.396 e. The molecule has 84 valence electrons. The molecule has 3 nitrogen and oxygen atoms in total. The Labute approximate surface area is 99.1 Å². The number of aliphatic hydroxyl groups excluding tert-OH is 1. The van der Waals surface area contributed by atoms with Crippen LogP contribution in [0.4, 0.5) is 0 Å². The number of aliphatic hydroxyl groups is 1. The predicted octanol–water partition coefficient (Wildman–Crippen LogP) is 2.09. The lowest BCUT2D eigenvalue weighted by Gasteiger charge is -2.08. The number of hydrogen-bond acceptors (Lipinski definition) is 4. The van der Waals surface area contributed by atoms with Crippen molar-refractivity contribution < 1.29 is 9.90 Å². The fourth-order valence-electron chi connectivity index (χ4n) is 1.12. The van der Waals surface area contributed by atoms with E-state index in [4.69, 9.17) is 10.4 Å². The molecule has 1 aromatic carbocycles. The summed E-state index contributed by atoms with van der Waals surface area (Å²) in [5.74, 6) is 0.952. The Morgan fingerprint density at radius 1 is 1.62 bits per heavy atom. The summed E-state index contributed by atoms with van der Waals surface area (Å²) in [4.78, 5) is 11.4. The van der Waals surface area contributed by atoms with Crippen molar-refractivity contribution in [2.24, 2.45) is 5.92 Å². The van der Waals surface area contributed by atoms with Crippen LogP contribution in [0.25, 0.3) is 0 Å². The summed E-state index contributed by atoms with van der Waals surface area (Å²) < 4.78 is 0. The number of carbonyl (C=O) groups excluding carboxylic acids is 1. The fraction of sp³-hybridized carbons (Fsp3) is 0.333. The molecule has 0 amide bonds. The van der Waals surface area contributed by atoms with E-state index in [2.05, 4.69) is 6.07 Å². The Morgan fingerprint density at radius 2 is 2.38 bits per heavy atom. The molecule has 1 atom stereocenters. The van der Waals surface area contributed by atoms with Crippen LogP contribution in [-0.4, -0.2) is 23.8 Å². The summed E-state index contributed by atoms with van der Waals surface area (Å²) in [6.45, 7) is 2.08. The SMILES string of the molecule is CC(CO)CSc1ccc(C=O)cc1C#N.